The average Bonchev–Trinajstić information content (AvgIpc) is 2.90. The molecular weight excluding hydrogens is 446 g/mol. The molecule has 3 rings (SSSR count). The summed E-state index contributed by atoms with van der Waals surface area (Å²) >= 11 is 0. The molecule has 0 heterocycles. The molecule has 1 N–H and O–H groups in total. The lowest BCUT2D eigenvalue weighted by molar-refractivity contribution is -0.111. The molecule has 1 amide bonds. The van der Waals surface area contributed by atoms with E-state index in [2.05, 4.69) is 5.32 Å². The molecule has 0 aromatic heterocycles. The highest BCUT2D eigenvalue weighted by molar-refractivity contribution is 6.03. The van der Waals surface area contributed by atoms with Gasteiger partial charge in [-0.15, -0.1) is 0 Å². The summed E-state index contributed by atoms with van der Waals surface area (Å²) in [6.45, 7) is 0. The van der Waals surface area contributed by atoms with Crippen molar-refractivity contribution in [2.24, 2.45) is 0 Å². The van der Waals surface area contributed by atoms with Gasteiger partial charge in [-0.2, -0.15) is 0 Å². The van der Waals surface area contributed by atoms with Crippen LogP contribution in [-0.2, 0) is 4.79 Å². The van der Waals surface area contributed by atoms with Crippen molar-refractivity contribution in [3.63, 3.8) is 0 Å². The van der Waals surface area contributed by atoms with Gasteiger partial charge in [0.25, 0.3) is 0 Å². The molecule has 7 heteroatoms. The van der Waals surface area contributed by atoms with Crippen LogP contribution in [0, 0.1) is 0 Å². The highest BCUT2D eigenvalue weighted by Crippen LogP contribution is 2.38. The normalized spacial score (nSPS) is 10.9. The zero-order valence-corrected chi connectivity index (χ0v) is 20.5. The van der Waals surface area contributed by atoms with E-state index in [0.717, 1.165) is 16.7 Å². The predicted molar refractivity (Wildman–Crippen MR) is 139 cm³/mol. The van der Waals surface area contributed by atoms with Crippen LogP contribution in [0.2, 0.25) is 0 Å². The molecule has 0 unspecified atom stereocenters. The van der Waals surface area contributed by atoms with Crippen molar-refractivity contribution < 1.29 is 28.5 Å². The number of nitrogens with one attached hydrogen (secondary N) is 1. The monoisotopic (exact) mass is 475 g/mol. The summed E-state index contributed by atoms with van der Waals surface area (Å²) < 4.78 is 26.9. The fourth-order valence-corrected chi connectivity index (χ4v) is 3.46. The van der Waals surface area contributed by atoms with E-state index in [9.17, 15) is 4.79 Å². The molecule has 0 spiro atoms. The number of methoxy groups -OCH3 is 5. The third-order valence-corrected chi connectivity index (χ3v) is 5.19. The van der Waals surface area contributed by atoms with Crippen LogP contribution in [0.5, 0.6) is 28.7 Å². The first kappa shape index (κ1) is 25.2. The second-order valence-electron chi connectivity index (χ2n) is 7.32. The Morgan fingerprint density at radius 3 is 1.91 bits per heavy atom. The van der Waals surface area contributed by atoms with Gasteiger partial charge in [-0.1, -0.05) is 36.4 Å². The molecule has 35 heavy (non-hydrogen) atoms. The standard InChI is InChI=1S/C28H29NO6/c1-31-23-9-7-6-8-21(23)13-15-27(30)29-22-16-19(12-14-24(22)32-2)10-11-20-17-25(33-3)28(35-5)26(18-20)34-4/h6-18H,1-5H3,(H,29,30)/b11-10?,15-13+. The van der Waals surface area contributed by atoms with Gasteiger partial charge in [0.15, 0.2) is 11.5 Å². The van der Waals surface area contributed by atoms with Gasteiger partial charge >= 0.3 is 0 Å². The Labute approximate surface area is 205 Å². The van der Waals surface area contributed by atoms with Crippen LogP contribution in [0.25, 0.3) is 18.2 Å². The third-order valence-electron chi connectivity index (χ3n) is 5.19. The average molecular weight is 476 g/mol. The molecule has 7 nitrogen and oxygen atoms in total. The van der Waals surface area contributed by atoms with E-state index in [4.69, 9.17) is 23.7 Å². The summed E-state index contributed by atoms with van der Waals surface area (Å²) in [4.78, 5) is 12.6. The van der Waals surface area contributed by atoms with Crippen molar-refractivity contribution in [1.29, 1.82) is 0 Å². The molecule has 3 aromatic carbocycles. The van der Waals surface area contributed by atoms with Gasteiger partial charge in [0.1, 0.15) is 11.5 Å². The van der Waals surface area contributed by atoms with Crippen molar-refractivity contribution in [2.45, 2.75) is 0 Å². The number of ether oxygens (including phenoxy) is 5. The highest BCUT2D eigenvalue weighted by Gasteiger charge is 2.12. The molecule has 182 valence electrons. The first-order valence-electron chi connectivity index (χ1n) is 10.8. The number of anilines is 1. The van der Waals surface area contributed by atoms with Crippen molar-refractivity contribution in [3.05, 3.63) is 77.4 Å². The summed E-state index contributed by atoms with van der Waals surface area (Å²) in [5, 5.41) is 2.88. The van der Waals surface area contributed by atoms with Crippen LogP contribution in [-0.4, -0.2) is 41.5 Å². The van der Waals surface area contributed by atoms with Gasteiger partial charge in [0.2, 0.25) is 11.7 Å². The maximum atomic E-state index is 12.6. The van der Waals surface area contributed by atoms with Crippen LogP contribution in [0.1, 0.15) is 16.7 Å². The van der Waals surface area contributed by atoms with Crippen molar-refractivity contribution >= 4 is 29.8 Å². The summed E-state index contributed by atoms with van der Waals surface area (Å²) in [7, 11) is 7.86. The number of carbonyl (C=O) groups is 1. The molecule has 0 saturated carbocycles. The van der Waals surface area contributed by atoms with Gasteiger partial charge in [-0.25, -0.2) is 0 Å². The van der Waals surface area contributed by atoms with Crippen LogP contribution in [0.3, 0.4) is 0 Å². The maximum Gasteiger partial charge on any atom is 0.248 e. The maximum absolute atomic E-state index is 12.6. The molecule has 0 aliphatic carbocycles. The van der Waals surface area contributed by atoms with Crippen LogP contribution in [0.15, 0.2) is 60.7 Å². The first-order chi connectivity index (χ1) is 17.0. The minimum atomic E-state index is -0.292. The summed E-state index contributed by atoms with van der Waals surface area (Å²) in [5.74, 6) is 2.61. The number of benzene rings is 3. The Bertz CT molecular complexity index is 1210. The molecular formula is C28H29NO6. The van der Waals surface area contributed by atoms with Gasteiger partial charge in [-0.3, -0.25) is 4.79 Å². The van der Waals surface area contributed by atoms with Crippen LogP contribution >= 0.6 is 0 Å². The Morgan fingerprint density at radius 2 is 1.29 bits per heavy atom. The Morgan fingerprint density at radius 1 is 0.657 bits per heavy atom. The lowest BCUT2D eigenvalue weighted by Gasteiger charge is -2.13. The van der Waals surface area contributed by atoms with Crippen molar-refractivity contribution in [1.82, 2.24) is 0 Å². The highest BCUT2D eigenvalue weighted by atomic mass is 16.5. The molecule has 0 radical (unpaired) electrons. The predicted octanol–water partition coefficient (Wildman–Crippen LogP) is 5.55. The molecule has 3 aromatic rings. The SMILES string of the molecule is COc1ccccc1/C=C/C(=O)Nc1cc(C=Cc2cc(OC)c(OC)c(OC)c2)ccc1OC. The van der Waals surface area contributed by atoms with E-state index in [0.29, 0.717) is 34.4 Å². The fourth-order valence-electron chi connectivity index (χ4n) is 3.46. The Hall–Kier alpha value is -4.39. The van der Waals surface area contributed by atoms with Gasteiger partial charge in [0.05, 0.1) is 41.2 Å². The summed E-state index contributed by atoms with van der Waals surface area (Å²) in [5.41, 5.74) is 3.08. The van der Waals surface area contributed by atoms with E-state index in [-0.39, 0.29) is 5.91 Å². The second kappa shape index (κ2) is 12.2. The minimum absolute atomic E-state index is 0.292. The third kappa shape index (κ3) is 6.35. The smallest absolute Gasteiger partial charge is 0.248 e. The number of amides is 1. The number of para-hydroxylation sites is 1. The topological polar surface area (TPSA) is 75.3 Å². The van der Waals surface area contributed by atoms with E-state index in [1.165, 1.54) is 6.08 Å². The van der Waals surface area contributed by atoms with Gasteiger partial charge in [-0.05, 0) is 47.5 Å². The van der Waals surface area contributed by atoms with Gasteiger partial charge < -0.3 is 29.0 Å². The summed E-state index contributed by atoms with van der Waals surface area (Å²) in [6, 6.07) is 16.7. The fraction of sp³-hybridized carbons (Fsp3) is 0.179. The molecule has 0 aliphatic heterocycles. The summed E-state index contributed by atoms with van der Waals surface area (Å²) in [6.07, 6.45) is 6.99. The van der Waals surface area contributed by atoms with E-state index in [1.807, 2.05) is 60.7 Å². The lowest BCUT2D eigenvalue weighted by Crippen LogP contribution is -2.09. The molecule has 0 atom stereocenters. The number of carbonyl (C=O) groups excluding carboxylic acids is 1. The second-order valence-corrected chi connectivity index (χ2v) is 7.32. The quantitative estimate of drug-likeness (QED) is 0.306. The van der Waals surface area contributed by atoms with Crippen LogP contribution in [0.4, 0.5) is 5.69 Å². The lowest BCUT2D eigenvalue weighted by atomic mass is 10.1. The number of hydrogen-bond donors (Lipinski definition) is 1. The van der Waals surface area contributed by atoms with E-state index >= 15 is 0 Å². The number of hydrogen-bond acceptors (Lipinski definition) is 6. The molecule has 0 saturated heterocycles. The first-order valence-corrected chi connectivity index (χ1v) is 10.8. The molecule has 0 bridgehead atoms. The Balaban J connectivity index is 1.82. The van der Waals surface area contributed by atoms with E-state index < -0.39 is 0 Å². The molecule has 0 aliphatic rings. The zero-order chi connectivity index (χ0) is 25.2. The van der Waals surface area contributed by atoms with Crippen molar-refractivity contribution in [2.75, 3.05) is 40.9 Å². The van der Waals surface area contributed by atoms with Crippen molar-refractivity contribution in [3.8, 4) is 28.7 Å². The number of rotatable bonds is 10. The van der Waals surface area contributed by atoms with E-state index in [1.54, 1.807) is 47.7 Å². The molecule has 0 fully saturated rings. The largest absolute Gasteiger partial charge is 0.496 e. The minimum Gasteiger partial charge on any atom is -0.496 e. The zero-order valence-electron chi connectivity index (χ0n) is 20.5. The van der Waals surface area contributed by atoms with Crippen LogP contribution < -0.4 is 29.0 Å². The van der Waals surface area contributed by atoms with Gasteiger partial charge in [0, 0.05) is 11.6 Å². The Kier molecular flexibility index (Phi) is 8.78.